The van der Waals surface area contributed by atoms with Gasteiger partial charge in [0.05, 0.1) is 0 Å². The zero-order valence-electron chi connectivity index (χ0n) is 9.30. The quantitative estimate of drug-likeness (QED) is 0.454. The standard InChI is InChI=1S/C12H6F5N2/c13-8-1-6-4-19-5-7(12(15,16)17)3-18-11(19)10(6)9(14)2-8/h1-3,5H,4H2/q+1. The topological polar surface area (TPSA) is 16.8 Å². The largest absolute Gasteiger partial charge is 0.423 e. The van der Waals surface area contributed by atoms with Gasteiger partial charge in [-0.25, -0.2) is 13.3 Å². The number of hydrogen-bond donors (Lipinski definition) is 0. The molecule has 1 aliphatic heterocycles. The van der Waals surface area contributed by atoms with Crippen molar-refractivity contribution < 1.29 is 26.5 Å². The van der Waals surface area contributed by atoms with E-state index in [-0.39, 0.29) is 23.5 Å². The van der Waals surface area contributed by atoms with Crippen molar-refractivity contribution in [2.24, 2.45) is 0 Å². The van der Waals surface area contributed by atoms with Crippen LogP contribution in [-0.2, 0) is 12.7 Å². The summed E-state index contributed by atoms with van der Waals surface area (Å²) in [4.78, 5) is 3.64. The number of benzene rings is 1. The molecule has 0 atom stereocenters. The van der Waals surface area contributed by atoms with E-state index in [0.717, 1.165) is 16.8 Å². The van der Waals surface area contributed by atoms with Gasteiger partial charge in [0.2, 0.25) is 0 Å². The minimum Gasteiger partial charge on any atom is -0.225 e. The molecule has 0 saturated carbocycles. The number of rotatable bonds is 0. The van der Waals surface area contributed by atoms with Crippen molar-refractivity contribution in [3.05, 3.63) is 47.3 Å². The molecule has 1 aromatic heterocycles. The van der Waals surface area contributed by atoms with Crippen LogP contribution in [0, 0.1) is 11.6 Å². The average Bonchev–Trinajstić information content (AvgIpc) is 2.64. The Morgan fingerprint density at radius 2 is 1.89 bits per heavy atom. The van der Waals surface area contributed by atoms with Crippen LogP contribution in [0.2, 0.25) is 0 Å². The maximum atomic E-state index is 13.6. The highest BCUT2D eigenvalue weighted by Crippen LogP contribution is 2.32. The Morgan fingerprint density at radius 1 is 1.16 bits per heavy atom. The first kappa shape index (κ1) is 12.0. The van der Waals surface area contributed by atoms with Crippen LogP contribution in [0.4, 0.5) is 22.0 Å². The molecule has 2 nitrogen and oxygen atoms in total. The third kappa shape index (κ3) is 1.85. The maximum Gasteiger partial charge on any atom is 0.423 e. The number of hydrogen-bond acceptors (Lipinski definition) is 1. The van der Waals surface area contributed by atoms with E-state index < -0.39 is 23.4 Å². The molecule has 0 fully saturated rings. The second-order valence-electron chi connectivity index (χ2n) is 4.21. The van der Waals surface area contributed by atoms with Gasteiger partial charge in [-0.15, -0.1) is 0 Å². The lowest BCUT2D eigenvalue weighted by atomic mass is 10.1. The molecule has 0 saturated heterocycles. The highest BCUT2D eigenvalue weighted by atomic mass is 19.4. The Bertz CT molecular complexity index is 679. The van der Waals surface area contributed by atoms with E-state index in [4.69, 9.17) is 0 Å². The monoisotopic (exact) mass is 273 g/mol. The Labute approximate surface area is 104 Å². The van der Waals surface area contributed by atoms with Crippen molar-refractivity contribution >= 4 is 0 Å². The zero-order chi connectivity index (χ0) is 13.8. The molecule has 19 heavy (non-hydrogen) atoms. The lowest BCUT2D eigenvalue weighted by Crippen LogP contribution is -2.34. The highest BCUT2D eigenvalue weighted by molar-refractivity contribution is 5.60. The van der Waals surface area contributed by atoms with Gasteiger partial charge in [0.1, 0.15) is 35.5 Å². The summed E-state index contributed by atoms with van der Waals surface area (Å²) in [6.07, 6.45) is -3.03. The number of aromatic nitrogens is 2. The predicted molar refractivity (Wildman–Crippen MR) is 53.9 cm³/mol. The van der Waals surface area contributed by atoms with Crippen molar-refractivity contribution in [3.63, 3.8) is 0 Å². The van der Waals surface area contributed by atoms with Crippen LogP contribution in [0.3, 0.4) is 0 Å². The summed E-state index contributed by atoms with van der Waals surface area (Å²) in [6, 6.07) is 1.79. The second kappa shape index (κ2) is 3.72. The van der Waals surface area contributed by atoms with Crippen LogP contribution >= 0.6 is 0 Å². The first-order valence-corrected chi connectivity index (χ1v) is 5.31. The second-order valence-corrected chi connectivity index (χ2v) is 4.21. The molecule has 0 spiro atoms. The van der Waals surface area contributed by atoms with Gasteiger partial charge in [-0.2, -0.15) is 13.2 Å². The summed E-state index contributed by atoms with van der Waals surface area (Å²) in [6.45, 7) is -0.0315. The smallest absolute Gasteiger partial charge is 0.225 e. The fourth-order valence-corrected chi connectivity index (χ4v) is 2.13. The van der Waals surface area contributed by atoms with Gasteiger partial charge in [-0.1, -0.05) is 0 Å². The number of halogens is 5. The van der Waals surface area contributed by atoms with Crippen LogP contribution in [0.1, 0.15) is 11.1 Å². The molecular weight excluding hydrogens is 267 g/mol. The summed E-state index contributed by atoms with van der Waals surface area (Å²) in [5.74, 6) is -1.52. The molecule has 2 heterocycles. The van der Waals surface area contributed by atoms with Gasteiger partial charge >= 0.3 is 12.0 Å². The fourth-order valence-electron chi connectivity index (χ4n) is 2.13. The molecular formula is C12H6F5N2+. The van der Waals surface area contributed by atoms with E-state index in [9.17, 15) is 22.0 Å². The summed E-state index contributed by atoms with van der Waals surface area (Å²) in [5.41, 5.74) is -0.593. The van der Waals surface area contributed by atoms with E-state index in [1.165, 1.54) is 0 Å². The van der Waals surface area contributed by atoms with Gasteiger partial charge in [-0.05, 0) is 11.1 Å². The van der Waals surface area contributed by atoms with Gasteiger partial charge in [0, 0.05) is 11.6 Å². The van der Waals surface area contributed by atoms with Crippen LogP contribution in [0.15, 0.2) is 24.5 Å². The Morgan fingerprint density at radius 3 is 2.58 bits per heavy atom. The summed E-state index contributed by atoms with van der Waals surface area (Å²) in [5, 5.41) is 0. The fraction of sp³-hybridized carbons (Fsp3) is 0.167. The van der Waals surface area contributed by atoms with E-state index in [1.807, 2.05) is 0 Å². The molecule has 0 unspecified atom stereocenters. The van der Waals surface area contributed by atoms with Gasteiger partial charge in [-0.3, -0.25) is 0 Å². The van der Waals surface area contributed by atoms with E-state index in [0.29, 0.717) is 12.3 Å². The molecule has 98 valence electrons. The molecule has 0 bridgehead atoms. The minimum atomic E-state index is -4.52. The molecule has 3 rings (SSSR count). The lowest BCUT2D eigenvalue weighted by Gasteiger charge is -2.03. The van der Waals surface area contributed by atoms with Gasteiger partial charge < -0.3 is 0 Å². The number of nitrogens with zero attached hydrogens (tertiary/aromatic N) is 2. The summed E-state index contributed by atoms with van der Waals surface area (Å²) < 4.78 is 65.5. The molecule has 0 radical (unpaired) electrons. The molecule has 2 aromatic rings. The Balaban J connectivity index is 2.17. The number of alkyl halides is 3. The van der Waals surface area contributed by atoms with Crippen molar-refractivity contribution in [1.29, 1.82) is 0 Å². The first-order valence-electron chi connectivity index (χ1n) is 5.31. The highest BCUT2D eigenvalue weighted by Gasteiger charge is 2.38. The van der Waals surface area contributed by atoms with Crippen molar-refractivity contribution in [2.45, 2.75) is 12.7 Å². The average molecular weight is 273 g/mol. The molecule has 7 heteroatoms. The maximum absolute atomic E-state index is 13.6. The van der Waals surface area contributed by atoms with Crippen LogP contribution < -0.4 is 4.57 Å². The number of fused-ring (bicyclic) bond motifs is 3. The summed E-state index contributed by atoms with van der Waals surface area (Å²) >= 11 is 0. The van der Waals surface area contributed by atoms with Gasteiger partial charge in [0.15, 0.2) is 6.20 Å². The van der Waals surface area contributed by atoms with E-state index in [1.54, 1.807) is 0 Å². The third-order valence-electron chi connectivity index (χ3n) is 2.92. The van der Waals surface area contributed by atoms with E-state index in [2.05, 4.69) is 4.98 Å². The van der Waals surface area contributed by atoms with Crippen molar-refractivity contribution in [1.82, 2.24) is 4.98 Å². The van der Waals surface area contributed by atoms with Crippen molar-refractivity contribution in [3.8, 4) is 11.4 Å². The van der Waals surface area contributed by atoms with Gasteiger partial charge in [0.25, 0.3) is 0 Å². The normalized spacial score (nSPS) is 13.3. The molecule has 0 amide bonds. The Hall–Kier alpha value is -2.05. The summed E-state index contributed by atoms with van der Waals surface area (Å²) in [7, 11) is 0. The molecule has 0 N–H and O–H groups in total. The van der Waals surface area contributed by atoms with E-state index >= 15 is 0 Å². The minimum absolute atomic E-state index is 0.0315. The molecule has 1 aliphatic rings. The zero-order valence-corrected chi connectivity index (χ0v) is 9.30. The van der Waals surface area contributed by atoms with Crippen molar-refractivity contribution in [2.75, 3.05) is 0 Å². The van der Waals surface area contributed by atoms with Crippen LogP contribution in [-0.4, -0.2) is 4.98 Å². The van der Waals surface area contributed by atoms with Crippen LogP contribution in [0.25, 0.3) is 11.4 Å². The first-order chi connectivity index (χ1) is 8.86. The predicted octanol–water partition coefficient (Wildman–Crippen LogP) is 2.69. The Kier molecular flexibility index (Phi) is 2.35. The SMILES string of the molecule is Fc1cc(F)c2c(c1)C[n+]1cc(C(F)(F)F)cnc1-2. The lowest BCUT2D eigenvalue weighted by molar-refractivity contribution is -0.675. The third-order valence-corrected chi connectivity index (χ3v) is 2.92. The van der Waals surface area contributed by atoms with Crippen LogP contribution in [0.5, 0.6) is 0 Å². The molecule has 1 aromatic carbocycles. The molecule has 0 aliphatic carbocycles.